The lowest BCUT2D eigenvalue weighted by Crippen LogP contribution is -2.21. The maximum absolute atomic E-state index is 14.9. The second-order valence-corrected chi connectivity index (χ2v) is 8.51. The molecule has 3 aromatic rings. The summed E-state index contributed by atoms with van der Waals surface area (Å²) in [7, 11) is 3.52. The predicted molar refractivity (Wildman–Crippen MR) is 131 cm³/mol. The van der Waals surface area contributed by atoms with Crippen molar-refractivity contribution in [1.82, 2.24) is 14.9 Å². The van der Waals surface area contributed by atoms with Crippen molar-refractivity contribution in [3.8, 4) is 22.8 Å². The van der Waals surface area contributed by atoms with E-state index in [0.717, 1.165) is 18.0 Å². The number of aryl methyl sites for hydroxylation is 1. The maximum Gasteiger partial charge on any atom is 0.421 e. The zero-order valence-corrected chi connectivity index (χ0v) is 20.9. The molecule has 0 saturated carbocycles. The molecular formula is C26H28F4N4O3. The smallest absolute Gasteiger partial charge is 0.421 e. The van der Waals surface area contributed by atoms with Crippen LogP contribution in [0, 0.1) is 12.7 Å². The van der Waals surface area contributed by atoms with E-state index < -0.39 is 29.3 Å². The summed E-state index contributed by atoms with van der Waals surface area (Å²) in [5.41, 5.74) is 0.643. The first-order chi connectivity index (χ1) is 17.5. The quantitative estimate of drug-likeness (QED) is 0.374. The van der Waals surface area contributed by atoms with Crippen molar-refractivity contribution >= 4 is 11.6 Å². The number of pyridine rings is 2. The van der Waals surface area contributed by atoms with Crippen molar-refractivity contribution in [2.75, 3.05) is 39.2 Å². The number of carbonyl (C=O) groups is 1. The molecule has 0 radical (unpaired) electrons. The van der Waals surface area contributed by atoms with Gasteiger partial charge in [0.2, 0.25) is 11.8 Å². The third-order valence-electron chi connectivity index (χ3n) is 5.24. The Morgan fingerprint density at radius 1 is 1.08 bits per heavy atom. The zero-order valence-electron chi connectivity index (χ0n) is 20.9. The van der Waals surface area contributed by atoms with E-state index in [1.54, 1.807) is 37.3 Å². The van der Waals surface area contributed by atoms with Crippen LogP contribution in [0.25, 0.3) is 11.1 Å². The van der Waals surface area contributed by atoms with Crippen molar-refractivity contribution in [1.29, 1.82) is 0 Å². The standard InChI is InChI=1S/C26H28F4N4O3/c1-5-36-23-10-16(2)31-15-20(23)17-6-7-18(22(27)11-17)12-24(35)33-19-13-21(26(28,29)30)25(32-14-19)37-9-8-34(3)4/h6-7,10-11,13-15H,5,8-9,12H2,1-4H3,(H,33,35). The number of hydrogen-bond donors (Lipinski definition) is 1. The summed E-state index contributed by atoms with van der Waals surface area (Å²) in [6.45, 7) is 4.48. The van der Waals surface area contributed by atoms with Crippen LogP contribution in [-0.2, 0) is 17.4 Å². The van der Waals surface area contributed by atoms with E-state index in [-0.39, 0.29) is 24.3 Å². The van der Waals surface area contributed by atoms with Gasteiger partial charge in [-0.2, -0.15) is 13.2 Å². The maximum atomic E-state index is 14.9. The number of nitrogens with zero attached hydrogens (tertiary/aromatic N) is 3. The fourth-order valence-corrected chi connectivity index (χ4v) is 3.43. The van der Waals surface area contributed by atoms with Gasteiger partial charge in [-0.15, -0.1) is 0 Å². The number of amides is 1. The highest BCUT2D eigenvalue weighted by molar-refractivity contribution is 5.92. The molecule has 0 bridgehead atoms. The third-order valence-corrected chi connectivity index (χ3v) is 5.24. The minimum Gasteiger partial charge on any atom is -0.493 e. The molecule has 1 N–H and O–H groups in total. The third kappa shape index (κ3) is 7.63. The highest BCUT2D eigenvalue weighted by Gasteiger charge is 2.36. The second kappa shape index (κ2) is 12.0. The average molecular weight is 521 g/mol. The van der Waals surface area contributed by atoms with Gasteiger partial charge in [-0.3, -0.25) is 9.78 Å². The van der Waals surface area contributed by atoms with Crippen molar-refractivity contribution in [2.24, 2.45) is 0 Å². The van der Waals surface area contributed by atoms with Gasteiger partial charge in [0.05, 0.1) is 24.9 Å². The Kier molecular flexibility index (Phi) is 9.04. The van der Waals surface area contributed by atoms with Crippen LogP contribution in [0.5, 0.6) is 11.6 Å². The fraction of sp³-hybridized carbons (Fsp3) is 0.346. The number of likely N-dealkylation sites (N-methyl/N-ethyl adjacent to an activating group) is 1. The number of nitrogens with one attached hydrogen (secondary N) is 1. The van der Waals surface area contributed by atoms with E-state index in [4.69, 9.17) is 9.47 Å². The van der Waals surface area contributed by atoms with Crippen LogP contribution >= 0.6 is 0 Å². The summed E-state index contributed by atoms with van der Waals surface area (Å²) in [6.07, 6.45) is -2.48. The molecule has 0 atom stereocenters. The number of ether oxygens (including phenoxy) is 2. The molecule has 0 fully saturated rings. The lowest BCUT2D eigenvalue weighted by Gasteiger charge is -2.16. The van der Waals surface area contributed by atoms with Crippen LogP contribution in [0.15, 0.2) is 42.7 Å². The molecule has 0 aliphatic rings. The number of carbonyl (C=O) groups excluding carboxylic acids is 1. The number of hydrogen-bond acceptors (Lipinski definition) is 6. The lowest BCUT2D eigenvalue weighted by molar-refractivity contribution is -0.139. The highest BCUT2D eigenvalue weighted by atomic mass is 19.4. The Morgan fingerprint density at radius 2 is 1.84 bits per heavy atom. The Labute approximate surface area is 212 Å². The van der Waals surface area contributed by atoms with Crippen LogP contribution in [0.2, 0.25) is 0 Å². The van der Waals surface area contributed by atoms with Gasteiger partial charge in [0, 0.05) is 30.1 Å². The highest BCUT2D eigenvalue weighted by Crippen LogP contribution is 2.36. The minimum atomic E-state index is -4.74. The summed E-state index contributed by atoms with van der Waals surface area (Å²) in [5, 5.41) is 2.35. The van der Waals surface area contributed by atoms with Gasteiger partial charge in [-0.25, -0.2) is 9.37 Å². The van der Waals surface area contributed by atoms with Gasteiger partial charge in [0.25, 0.3) is 0 Å². The number of halogens is 4. The number of aromatic nitrogens is 2. The van der Waals surface area contributed by atoms with Gasteiger partial charge >= 0.3 is 6.18 Å². The molecule has 198 valence electrons. The summed E-state index contributed by atoms with van der Waals surface area (Å²) >= 11 is 0. The van der Waals surface area contributed by atoms with Crippen LogP contribution in [-0.4, -0.2) is 54.6 Å². The molecule has 11 heteroatoms. The van der Waals surface area contributed by atoms with E-state index in [1.807, 2.05) is 13.8 Å². The van der Waals surface area contributed by atoms with Gasteiger partial charge in [-0.05, 0) is 51.2 Å². The van der Waals surface area contributed by atoms with Gasteiger partial charge < -0.3 is 19.7 Å². The van der Waals surface area contributed by atoms with E-state index in [9.17, 15) is 22.4 Å². The van der Waals surface area contributed by atoms with Gasteiger partial charge in [-0.1, -0.05) is 12.1 Å². The Bertz CT molecular complexity index is 1250. The number of benzene rings is 1. The van der Waals surface area contributed by atoms with Crippen molar-refractivity contribution < 1.29 is 31.8 Å². The van der Waals surface area contributed by atoms with E-state index in [1.165, 1.54) is 12.1 Å². The molecule has 0 aliphatic carbocycles. The first kappa shape index (κ1) is 27.9. The zero-order chi connectivity index (χ0) is 27.2. The number of rotatable bonds is 10. The largest absolute Gasteiger partial charge is 0.493 e. The first-order valence-electron chi connectivity index (χ1n) is 11.5. The van der Waals surface area contributed by atoms with Crippen molar-refractivity contribution in [3.05, 3.63) is 65.4 Å². The summed E-state index contributed by atoms with van der Waals surface area (Å²) in [6, 6.07) is 6.83. The molecule has 2 heterocycles. The van der Waals surface area contributed by atoms with Crippen molar-refractivity contribution in [3.63, 3.8) is 0 Å². The van der Waals surface area contributed by atoms with Crippen LogP contribution in [0.1, 0.15) is 23.7 Å². The molecule has 1 amide bonds. The summed E-state index contributed by atoms with van der Waals surface area (Å²) in [5.74, 6) is -1.36. The van der Waals surface area contributed by atoms with Crippen LogP contribution in [0.3, 0.4) is 0 Å². The molecule has 7 nitrogen and oxygen atoms in total. The Balaban J connectivity index is 1.74. The normalized spacial score (nSPS) is 11.5. The van der Waals surface area contributed by atoms with E-state index in [0.29, 0.717) is 30.0 Å². The molecule has 3 rings (SSSR count). The first-order valence-corrected chi connectivity index (χ1v) is 11.5. The number of anilines is 1. The molecule has 1 aromatic carbocycles. The topological polar surface area (TPSA) is 76.6 Å². The fourth-order valence-electron chi connectivity index (χ4n) is 3.43. The lowest BCUT2D eigenvalue weighted by atomic mass is 10.0. The average Bonchev–Trinajstić information content (AvgIpc) is 2.81. The van der Waals surface area contributed by atoms with E-state index >= 15 is 0 Å². The monoisotopic (exact) mass is 520 g/mol. The predicted octanol–water partition coefficient (Wildman–Crippen LogP) is 5.13. The van der Waals surface area contributed by atoms with Crippen LogP contribution in [0.4, 0.5) is 23.2 Å². The molecule has 0 aliphatic heterocycles. The molecule has 0 spiro atoms. The molecule has 0 unspecified atom stereocenters. The van der Waals surface area contributed by atoms with Gasteiger partial charge in [0.15, 0.2) is 0 Å². The SMILES string of the molecule is CCOc1cc(C)ncc1-c1ccc(CC(=O)Nc2cnc(OCCN(C)C)c(C(F)(F)F)c2)c(F)c1. The number of alkyl halides is 3. The summed E-state index contributed by atoms with van der Waals surface area (Å²) in [4.78, 5) is 22.2. The summed E-state index contributed by atoms with van der Waals surface area (Å²) < 4.78 is 66.2. The second-order valence-electron chi connectivity index (χ2n) is 8.51. The molecule has 37 heavy (non-hydrogen) atoms. The van der Waals surface area contributed by atoms with Crippen LogP contribution < -0.4 is 14.8 Å². The van der Waals surface area contributed by atoms with Gasteiger partial charge in [0.1, 0.15) is 23.7 Å². The Morgan fingerprint density at radius 3 is 2.49 bits per heavy atom. The molecule has 0 saturated heterocycles. The minimum absolute atomic E-state index is 0.00870. The molecule has 2 aromatic heterocycles. The Hall–Kier alpha value is -3.73. The van der Waals surface area contributed by atoms with E-state index in [2.05, 4.69) is 15.3 Å². The molecular weight excluding hydrogens is 492 g/mol. The van der Waals surface area contributed by atoms with Crippen molar-refractivity contribution in [2.45, 2.75) is 26.4 Å².